The number of carboxylic acid groups (broad SMARTS) is 1. The van der Waals surface area contributed by atoms with Gasteiger partial charge >= 0.3 is 5.97 Å². The summed E-state index contributed by atoms with van der Waals surface area (Å²) in [5.74, 6) is 0.0692. The van der Waals surface area contributed by atoms with E-state index in [2.05, 4.69) is 10.1 Å². The van der Waals surface area contributed by atoms with E-state index in [4.69, 9.17) is 14.4 Å². The lowest BCUT2D eigenvalue weighted by Crippen LogP contribution is -2.04. The molecule has 0 spiro atoms. The Kier molecular flexibility index (Phi) is 3.27. The minimum Gasteiger partial charge on any atom is -0.483 e. The van der Waals surface area contributed by atoms with Gasteiger partial charge in [0.05, 0.1) is 0 Å². The molecule has 1 N–H and O–H groups in total. The van der Waals surface area contributed by atoms with Gasteiger partial charge in [-0.25, -0.2) is 4.79 Å². The second kappa shape index (κ2) is 4.87. The predicted octanol–water partition coefficient (Wildman–Crippen LogP) is 1.96. The fourth-order valence-corrected chi connectivity index (χ4v) is 1.47. The first-order valence-electron chi connectivity index (χ1n) is 5.32. The van der Waals surface area contributed by atoms with Gasteiger partial charge in [-0.3, -0.25) is 0 Å². The number of benzene rings is 1. The van der Waals surface area contributed by atoms with Crippen molar-refractivity contribution in [3.63, 3.8) is 0 Å². The number of aromatic carboxylic acids is 1. The van der Waals surface area contributed by atoms with Crippen molar-refractivity contribution in [2.24, 2.45) is 0 Å². The highest BCUT2D eigenvalue weighted by molar-refractivity contribution is 5.91. The van der Waals surface area contributed by atoms with Crippen LogP contribution in [0.1, 0.15) is 27.6 Å². The molecule has 0 aliphatic rings. The normalized spacial score (nSPS) is 10.3. The summed E-state index contributed by atoms with van der Waals surface area (Å²) >= 11 is 0. The zero-order chi connectivity index (χ0) is 13.1. The Bertz CT molecular complexity index is 577. The monoisotopic (exact) mass is 248 g/mol. The van der Waals surface area contributed by atoms with Crippen LogP contribution in [0.25, 0.3) is 0 Å². The van der Waals surface area contributed by atoms with Gasteiger partial charge in [0.1, 0.15) is 11.3 Å². The second-order valence-electron chi connectivity index (χ2n) is 3.83. The maximum atomic E-state index is 11.1. The van der Waals surface area contributed by atoms with Crippen molar-refractivity contribution < 1.29 is 19.2 Å². The van der Waals surface area contributed by atoms with Crippen LogP contribution in [0.5, 0.6) is 5.75 Å². The lowest BCUT2D eigenvalue weighted by Gasteiger charge is -2.07. The Morgan fingerprint density at radius 1 is 1.44 bits per heavy atom. The van der Waals surface area contributed by atoms with Gasteiger partial charge in [0.25, 0.3) is 5.89 Å². The Balaban J connectivity index is 2.16. The molecule has 1 aromatic carbocycles. The molecule has 6 nitrogen and oxygen atoms in total. The van der Waals surface area contributed by atoms with E-state index in [9.17, 15) is 4.79 Å². The van der Waals surface area contributed by atoms with Gasteiger partial charge in [-0.15, -0.1) is 0 Å². The molecule has 0 unspecified atom stereocenters. The van der Waals surface area contributed by atoms with E-state index in [0.717, 1.165) is 5.56 Å². The van der Waals surface area contributed by atoms with E-state index >= 15 is 0 Å². The van der Waals surface area contributed by atoms with Gasteiger partial charge in [-0.1, -0.05) is 16.8 Å². The average Bonchev–Trinajstić information content (AvgIpc) is 2.73. The number of aryl methyl sites for hydroxylation is 2. The van der Waals surface area contributed by atoms with Crippen molar-refractivity contribution in [3.05, 3.63) is 41.0 Å². The first kappa shape index (κ1) is 12.1. The lowest BCUT2D eigenvalue weighted by molar-refractivity contribution is 0.0691. The standard InChI is InChI=1S/C12H12N2O4/c1-7-3-4-10(9(5-7)12(15)16)17-6-11-13-8(2)14-18-11/h3-5H,6H2,1-2H3,(H,15,16). The Morgan fingerprint density at radius 2 is 2.22 bits per heavy atom. The third kappa shape index (κ3) is 2.65. The van der Waals surface area contributed by atoms with Crippen molar-refractivity contribution in [2.45, 2.75) is 20.5 Å². The van der Waals surface area contributed by atoms with Crippen LogP contribution in [0.3, 0.4) is 0 Å². The number of rotatable bonds is 4. The Hall–Kier alpha value is -2.37. The summed E-state index contributed by atoms with van der Waals surface area (Å²) < 4.78 is 10.3. The number of hydrogen-bond acceptors (Lipinski definition) is 5. The van der Waals surface area contributed by atoms with Crippen LogP contribution in [-0.4, -0.2) is 21.2 Å². The van der Waals surface area contributed by atoms with Gasteiger partial charge in [-0.05, 0) is 26.0 Å². The minimum atomic E-state index is -1.03. The van der Waals surface area contributed by atoms with Gasteiger partial charge in [0, 0.05) is 0 Å². The van der Waals surface area contributed by atoms with Crippen LogP contribution in [0.15, 0.2) is 22.7 Å². The summed E-state index contributed by atoms with van der Waals surface area (Å²) in [5, 5.41) is 12.7. The highest BCUT2D eigenvalue weighted by atomic mass is 16.5. The molecule has 0 radical (unpaired) electrons. The Morgan fingerprint density at radius 3 is 2.83 bits per heavy atom. The molecule has 0 atom stereocenters. The SMILES string of the molecule is Cc1ccc(OCc2nc(C)no2)c(C(=O)O)c1. The molecule has 0 aliphatic carbocycles. The van der Waals surface area contributed by atoms with Crippen LogP contribution < -0.4 is 4.74 Å². The first-order valence-corrected chi connectivity index (χ1v) is 5.32. The smallest absolute Gasteiger partial charge is 0.339 e. The maximum Gasteiger partial charge on any atom is 0.339 e. The first-order chi connectivity index (χ1) is 8.56. The summed E-state index contributed by atoms with van der Waals surface area (Å²) in [6.45, 7) is 3.56. The van der Waals surface area contributed by atoms with E-state index in [0.29, 0.717) is 11.7 Å². The molecule has 2 rings (SSSR count). The minimum absolute atomic E-state index is 0.0458. The average molecular weight is 248 g/mol. The van der Waals surface area contributed by atoms with E-state index in [1.54, 1.807) is 25.1 Å². The van der Waals surface area contributed by atoms with Crippen LogP contribution in [0.2, 0.25) is 0 Å². The van der Waals surface area contributed by atoms with Crippen molar-refractivity contribution in [1.29, 1.82) is 0 Å². The van der Waals surface area contributed by atoms with Crippen molar-refractivity contribution in [2.75, 3.05) is 0 Å². The van der Waals surface area contributed by atoms with Gasteiger partial charge in [-0.2, -0.15) is 4.98 Å². The van der Waals surface area contributed by atoms with Gasteiger partial charge in [0.15, 0.2) is 12.4 Å². The van der Waals surface area contributed by atoms with E-state index in [-0.39, 0.29) is 17.9 Å². The molecule has 0 saturated carbocycles. The molecular formula is C12H12N2O4. The summed E-state index contributed by atoms with van der Waals surface area (Å²) in [6, 6.07) is 4.94. The molecule has 0 saturated heterocycles. The van der Waals surface area contributed by atoms with Crippen molar-refractivity contribution in [3.8, 4) is 5.75 Å². The van der Waals surface area contributed by atoms with Gasteiger partial charge in [0.2, 0.25) is 0 Å². The third-order valence-corrected chi connectivity index (χ3v) is 2.29. The molecule has 6 heteroatoms. The Labute approximate surface area is 103 Å². The van der Waals surface area contributed by atoms with Crippen LogP contribution in [0, 0.1) is 13.8 Å². The van der Waals surface area contributed by atoms with Crippen molar-refractivity contribution in [1.82, 2.24) is 10.1 Å². The molecular weight excluding hydrogens is 236 g/mol. The molecule has 0 fully saturated rings. The molecule has 1 aromatic heterocycles. The maximum absolute atomic E-state index is 11.1. The summed E-state index contributed by atoms with van der Waals surface area (Å²) in [7, 11) is 0. The third-order valence-electron chi connectivity index (χ3n) is 2.29. The zero-order valence-electron chi connectivity index (χ0n) is 10.0. The van der Waals surface area contributed by atoms with E-state index in [1.807, 2.05) is 6.92 Å². The second-order valence-corrected chi connectivity index (χ2v) is 3.83. The van der Waals surface area contributed by atoms with Crippen LogP contribution in [0.4, 0.5) is 0 Å². The predicted molar refractivity (Wildman–Crippen MR) is 61.5 cm³/mol. The van der Waals surface area contributed by atoms with E-state index in [1.165, 1.54) is 0 Å². The number of ether oxygens (including phenoxy) is 1. The highest BCUT2D eigenvalue weighted by Crippen LogP contribution is 2.21. The van der Waals surface area contributed by atoms with E-state index < -0.39 is 5.97 Å². The number of carbonyl (C=O) groups is 1. The van der Waals surface area contributed by atoms with Crippen molar-refractivity contribution >= 4 is 5.97 Å². The highest BCUT2D eigenvalue weighted by Gasteiger charge is 2.12. The van der Waals surface area contributed by atoms with Gasteiger partial charge < -0.3 is 14.4 Å². The van der Waals surface area contributed by atoms with Crippen LogP contribution in [-0.2, 0) is 6.61 Å². The molecule has 0 bridgehead atoms. The number of nitrogens with zero attached hydrogens (tertiary/aromatic N) is 2. The summed E-state index contributed by atoms with van der Waals surface area (Å²) in [4.78, 5) is 15.0. The lowest BCUT2D eigenvalue weighted by atomic mass is 10.1. The fourth-order valence-electron chi connectivity index (χ4n) is 1.47. The van der Waals surface area contributed by atoms with Crippen LogP contribution >= 0.6 is 0 Å². The largest absolute Gasteiger partial charge is 0.483 e. The zero-order valence-corrected chi connectivity index (χ0v) is 10.0. The molecule has 1 heterocycles. The molecule has 0 amide bonds. The molecule has 2 aromatic rings. The number of aromatic nitrogens is 2. The summed E-state index contributed by atoms with van der Waals surface area (Å²) in [5.41, 5.74) is 0.972. The number of carboxylic acids is 1. The molecule has 94 valence electrons. The number of hydrogen-bond donors (Lipinski definition) is 1. The topological polar surface area (TPSA) is 85.5 Å². The quantitative estimate of drug-likeness (QED) is 0.890. The molecule has 18 heavy (non-hydrogen) atoms. The fraction of sp³-hybridized carbons (Fsp3) is 0.250. The molecule has 0 aliphatic heterocycles. The summed E-state index contributed by atoms with van der Waals surface area (Å²) in [6.07, 6.45) is 0.